The Morgan fingerprint density at radius 3 is 2.30 bits per heavy atom. The van der Waals surface area contributed by atoms with Crippen molar-refractivity contribution in [2.45, 2.75) is 45.7 Å². The lowest BCUT2D eigenvalue weighted by atomic mass is 9.85. The Bertz CT molecular complexity index is 741. The zero-order valence-corrected chi connectivity index (χ0v) is 16.5. The molecule has 3 amide bonds. The summed E-state index contributed by atoms with van der Waals surface area (Å²) in [5, 5.41) is 4.13. The van der Waals surface area contributed by atoms with Crippen molar-refractivity contribution in [2.75, 3.05) is 7.05 Å². The molecule has 1 aliphatic carbocycles. The summed E-state index contributed by atoms with van der Waals surface area (Å²) in [6, 6.07) is -0.739. The van der Waals surface area contributed by atoms with Crippen molar-refractivity contribution in [3.63, 3.8) is 0 Å². The molecule has 0 N–H and O–H groups in total. The van der Waals surface area contributed by atoms with Gasteiger partial charge in [0.1, 0.15) is 6.04 Å². The molecule has 1 aromatic heterocycles. The van der Waals surface area contributed by atoms with E-state index in [4.69, 9.17) is 0 Å². The second kappa shape index (κ2) is 7.66. The maximum atomic E-state index is 13.2. The monoisotopic (exact) mass is 372 g/mol. The van der Waals surface area contributed by atoms with Crippen LogP contribution in [0.5, 0.6) is 0 Å². The van der Waals surface area contributed by atoms with E-state index in [2.05, 4.69) is 5.10 Å². The third kappa shape index (κ3) is 3.82. The molecule has 1 saturated heterocycles. The van der Waals surface area contributed by atoms with E-state index in [-0.39, 0.29) is 35.5 Å². The average Bonchev–Trinajstić information content (AvgIpc) is 3.14. The third-order valence-electron chi connectivity index (χ3n) is 5.39. The molecule has 3 atom stereocenters. The highest BCUT2D eigenvalue weighted by atomic mass is 16.2. The van der Waals surface area contributed by atoms with Gasteiger partial charge in [-0.2, -0.15) is 5.10 Å². The number of imide groups is 1. The van der Waals surface area contributed by atoms with Crippen LogP contribution < -0.4 is 0 Å². The summed E-state index contributed by atoms with van der Waals surface area (Å²) in [7, 11) is 3.53. The fourth-order valence-corrected chi connectivity index (χ4v) is 4.06. The van der Waals surface area contributed by atoms with Crippen LogP contribution in [-0.2, 0) is 28.0 Å². The van der Waals surface area contributed by atoms with Crippen LogP contribution in [0.15, 0.2) is 24.5 Å². The van der Waals surface area contributed by atoms with Crippen LogP contribution in [0.4, 0.5) is 0 Å². The van der Waals surface area contributed by atoms with Crippen molar-refractivity contribution in [3.8, 4) is 0 Å². The molecule has 0 radical (unpaired) electrons. The number of hydrogen-bond donors (Lipinski definition) is 0. The van der Waals surface area contributed by atoms with Crippen LogP contribution in [0.3, 0.4) is 0 Å². The number of allylic oxidation sites excluding steroid dienone is 2. The van der Waals surface area contributed by atoms with Gasteiger partial charge in [0.05, 0.1) is 18.0 Å². The van der Waals surface area contributed by atoms with Crippen LogP contribution >= 0.6 is 0 Å². The third-order valence-corrected chi connectivity index (χ3v) is 5.39. The second-order valence-electron chi connectivity index (χ2n) is 8.06. The first-order valence-electron chi connectivity index (χ1n) is 9.54. The van der Waals surface area contributed by atoms with E-state index < -0.39 is 6.04 Å². The first kappa shape index (κ1) is 19.3. The Balaban J connectivity index is 1.81. The van der Waals surface area contributed by atoms with E-state index in [0.29, 0.717) is 25.8 Å². The summed E-state index contributed by atoms with van der Waals surface area (Å²) in [6.07, 6.45) is 9.13. The summed E-state index contributed by atoms with van der Waals surface area (Å²) >= 11 is 0. The predicted molar refractivity (Wildman–Crippen MR) is 100 cm³/mol. The normalized spacial score (nSPS) is 23.1. The summed E-state index contributed by atoms with van der Waals surface area (Å²) in [6.45, 7) is 4.40. The minimum absolute atomic E-state index is 0.187. The molecular weight excluding hydrogens is 344 g/mol. The number of hydrogen-bond acceptors (Lipinski definition) is 4. The predicted octanol–water partition coefficient (Wildman–Crippen LogP) is 1.74. The second-order valence-corrected chi connectivity index (χ2v) is 8.06. The summed E-state index contributed by atoms with van der Waals surface area (Å²) < 4.78 is 1.68. The number of aromatic nitrogens is 2. The number of amides is 3. The molecule has 2 heterocycles. The average molecular weight is 372 g/mol. The quantitative estimate of drug-likeness (QED) is 0.563. The molecule has 1 aliphatic heterocycles. The van der Waals surface area contributed by atoms with Gasteiger partial charge in [-0.05, 0) is 25.2 Å². The first-order valence-corrected chi connectivity index (χ1v) is 9.54. The van der Waals surface area contributed by atoms with E-state index in [0.717, 1.165) is 5.56 Å². The first-order chi connectivity index (χ1) is 12.8. The van der Waals surface area contributed by atoms with Crippen molar-refractivity contribution < 1.29 is 14.4 Å². The molecule has 0 aromatic carbocycles. The maximum Gasteiger partial charge on any atom is 0.245 e. The van der Waals surface area contributed by atoms with Gasteiger partial charge in [-0.15, -0.1) is 0 Å². The Labute approximate surface area is 160 Å². The van der Waals surface area contributed by atoms with Crippen molar-refractivity contribution in [1.82, 2.24) is 19.6 Å². The van der Waals surface area contributed by atoms with E-state index in [9.17, 15) is 14.4 Å². The Hall–Kier alpha value is -2.44. The molecule has 0 spiro atoms. The SMILES string of the molecule is CC(C)C[C@H](C(=O)N(C)Cc1cnn(C)c1)N1C(=O)[C@H]2CC=CC[C@H]2C1=O. The minimum Gasteiger partial charge on any atom is -0.340 e. The number of aryl methyl sites for hydroxylation is 1. The molecule has 146 valence electrons. The van der Waals surface area contributed by atoms with E-state index in [1.807, 2.05) is 39.2 Å². The number of likely N-dealkylation sites (tertiary alicyclic amines) is 1. The molecular formula is C20H28N4O3. The highest BCUT2D eigenvalue weighted by Gasteiger charge is 2.51. The van der Waals surface area contributed by atoms with Crippen LogP contribution in [0.25, 0.3) is 0 Å². The standard InChI is InChI=1S/C20H28N4O3/c1-13(2)9-17(20(27)22(3)11-14-10-21-23(4)12-14)24-18(25)15-7-5-6-8-16(15)19(24)26/h5-6,10,12-13,15-17H,7-9,11H2,1-4H3/t15-,16+,17-/m1/s1. The molecule has 7 nitrogen and oxygen atoms in total. The summed E-state index contributed by atoms with van der Waals surface area (Å²) in [5.74, 6) is -1.01. The number of carbonyl (C=O) groups is 3. The van der Waals surface area contributed by atoms with Gasteiger partial charge < -0.3 is 4.90 Å². The van der Waals surface area contributed by atoms with Gasteiger partial charge >= 0.3 is 0 Å². The summed E-state index contributed by atoms with van der Waals surface area (Å²) in [4.78, 5) is 42.0. The van der Waals surface area contributed by atoms with Crippen molar-refractivity contribution in [3.05, 3.63) is 30.1 Å². The Morgan fingerprint density at radius 1 is 1.22 bits per heavy atom. The molecule has 0 saturated carbocycles. The number of likely N-dealkylation sites (N-methyl/N-ethyl adjacent to an activating group) is 1. The van der Waals surface area contributed by atoms with Crippen molar-refractivity contribution in [2.24, 2.45) is 24.8 Å². The number of carbonyl (C=O) groups excluding carboxylic acids is 3. The van der Waals surface area contributed by atoms with E-state index in [1.165, 1.54) is 4.90 Å². The van der Waals surface area contributed by atoms with Gasteiger partial charge in [0.25, 0.3) is 0 Å². The van der Waals surface area contributed by atoms with E-state index in [1.54, 1.807) is 22.8 Å². The van der Waals surface area contributed by atoms with Gasteiger partial charge in [0, 0.05) is 32.4 Å². The number of fused-ring (bicyclic) bond motifs is 1. The largest absolute Gasteiger partial charge is 0.340 e. The van der Waals surface area contributed by atoms with Crippen molar-refractivity contribution in [1.29, 1.82) is 0 Å². The highest BCUT2D eigenvalue weighted by Crippen LogP contribution is 2.37. The maximum absolute atomic E-state index is 13.2. The molecule has 1 fully saturated rings. The zero-order valence-electron chi connectivity index (χ0n) is 16.5. The van der Waals surface area contributed by atoms with Gasteiger partial charge in [-0.1, -0.05) is 26.0 Å². The lowest BCUT2D eigenvalue weighted by molar-refractivity contribution is -0.152. The summed E-state index contributed by atoms with van der Waals surface area (Å²) in [5.41, 5.74) is 0.911. The van der Waals surface area contributed by atoms with Crippen LogP contribution in [-0.4, -0.2) is 50.4 Å². The molecule has 0 unspecified atom stereocenters. The van der Waals surface area contributed by atoms with Crippen LogP contribution in [0.2, 0.25) is 0 Å². The van der Waals surface area contributed by atoms with Crippen LogP contribution in [0.1, 0.15) is 38.7 Å². The fourth-order valence-electron chi connectivity index (χ4n) is 4.06. The van der Waals surface area contributed by atoms with Gasteiger partial charge in [-0.25, -0.2) is 0 Å². The van der Waals surface area contributed by atoms with Crippen molar-refractivity contribution >= 4 is 17.7 Å². The molecule has 7 heteroatoms. The highest BCUT2D eigenvalue weighted by molar-refractivity contribution is 6.08. The number of rotatable bonds is 6. The lowest BCUT2D eigenvalue weighted by Crippen LogP contribution is -2.50. The molecule has 27 heavy (non-hydrogen) atoms. The lowest BCUT2D eigenvalue weighted by Gasteiger charge is -2.30. The number of nitrogens with zero attached hydrogens (tertiary/aromatic N) is 4. The van der Waals surface area contributed by atoms with Gasteiger partial charge in [-0.3, -0.25) is 24.0 Å². The minimum atomic E-state index is -0.739. The fraction of sp³-hybridized carbons (Fsp3) is 0.600. The van der Waals surface area contributed by atoms with Crippen LogP contribution in [0, 0.1) is 17.8 Å². The Morgan fingerprint density at radius 2 is 1.81 bits per heavy atom. The Kier molecular flexibility index (Phi) is 5.48. The topological polar surface area (TPSA) is 75.5 Å². The molecule has 1 aromatic rings. The molecule has 2 aliphatic rings. The molecule has 0 bridgehead atoms. The van der Waals surface area contributed by atoms with Gasteiger partial charge in [0.2, 0.25) is 17.7 Å². The van der Waals surface area contributed by atoms with E-state index >= 15 is 0 Å². The zero-order chi connectivity index (χ0) is 19.7. The molecule has 3 rings (SSSR count). The smallest absolute Gasteiger partial charge is 0.245 e. The van der Waals surface area contributed by atoms with Gasteiger partial charge in [0.15, 0.2) is 0 Å².